The average Bonchev–Trinajstić information content (AvgIpc) is 3.11. The molecule has 3 heterocycles. The largest absolute Gasteiger partial charge is 0.338 e. The number of hydrogen-bond acceptors (Lipinski definition) is 4. The molecule has 5 nitrogen and oxygen atoms in total. The van der Waals surface area contributed by atoms with Crippen molar-refractivity contribution in [3.8, 4) is 0 Å². The van der Waals surface area contributed by atoms with Crippen molar-refractivity contribution < 1.29 is 4.79 Å². The molecule has 1 saturated heterocycles. The van der Waals surface area contributed by atoms with Gasteiger partial charge in [0.05, 0.1) is 5.56 Å². The third-order valence-electron chi connectivity index (χ3n) is 4.52. The molecule has 1 atom stereocenters. The van der Waals surface area contributed by atoms with Crippen LogP contribution >= 0.6 is 11.8 Å². The minimum Gasteiger partial charge on any atom is -0.338 e. The maximum absolute atomic E-state index is 13.0. The molecule has 0 saturated carbocycles. The maximum Gasteiger partial charge on any atom is 0.256 e. The number of likely N-dealkylation sites (tertiary alicyclic amines) is 1. The highest BCUT2D eigenvalue weighted by molar-refractivity contribution is 7.98. The molecular formula is C18H24N4OS. The van der Waals surface area contributed by atoms with Gasteiger partial charge in [0.15, 0.2) is 0 Å². The van der Waals surface area contributed by atoms with Gasteiger partial charge in [-0.15, -0.1) is 11.8 Å². The number of piperidine rings is 1. The zero-order chi connectivity index (χ0) is 17.1. The van der Waals surface area contributed by atoms with Gasteiger partial charge in [0.1, 0.15) is 10.9 Å². The van der Waals surface area contributed by atoms with Crippen molar-refractivity contribution in [1.29, 1.82) is 0 Å². The normalized spacial score (nSPS) is 18.2. The first-order valence-electron chi connectivity index (χ1n) is 8.42. The highest BCUT2D eigenvalue weighted by atomic mass is 32.2. The van der Waals surface area contributed by atoms with E-state index in [0.29, 0.717) is 17.5 Å². The molecule has 24 heavy (non-hydrogen) atoms. The number of aromatic nitrogens is 3. The quantitative estimate of drug-likeness (QED) is 0.795. The molecule has 0 aromatic carbocycles. The summed E-state index contributed by atoms with van der Waals surface area (Å²) >= 11 is 1.52. The van der Waals surface area contributed by atoms with Crippen molar-refractivity contribution in [3.05, 3.63) is 42.1 Å². The SMILES string of the molecule is CSc1ncccc1C(=O)N1CCC[C@H](c2nccn2C(C)C)C1. The van der Waals surface area contributed by atoms with Crippen molar-refractivity contribution in [3.63, 3.8) is 0 Å². The minimum atomic E-state index is 0.0832. The van der Waals surface area contributed by atoms with E-state index in [2.05, 4.69) is 28.4 Å². The summed E-state index contributed by atoms with van der Waals surface area (Å²) in [5.74, 6) is 1.48. The fourth-order valence-corrected chi connectivity index (χ4v) is 3.88. The predicted octanol–water partition coefficient (Wildman–Crippen LogP) is 3.60. The average molecular weight is 344 g/mol. The lowest BCUT2D eigenvalue weighted by Crippen LogP contribution is -2.40. The van der Waals surface area contributed by atoms with E-state index in [0.717, 1.165) is 36.8 Å². The number of amides is 1. The van der Waals surface area contributed by atoms with E-state index in [1.165, 1.54) is 11.8 Å². The summed E-state index contributed by atoms with van der Waals surface area (Å²) in [6.45, 7) is 5.86. The Hall–Kier alpha value is -1.82. The number of imidazole rings is 1. The van der Waals surface area contributed by atoms with E-state index in [1.807, 2.05) is 35.7 Å². The number of pyridine rings is 1. The predicted molar refractivity (Wildman–Crippen MR) is 96.5 cm³/mol. The van der Waals surface area contributed by atoms with Crippen LogP contribution in [0.15, 0.2) is 35.7 Å². The van der Waals surface area contributed by atoms with Crippen LogP contribution in [0.3, 0.4) is 0 Å². The zero-order valence-electron chi connectivity index (χ0n) is 14.5. The van der Waals surface area contributed by atoms with E-state index >= 15 is 0 Å². The Labute approximate surface area is 147 Å². The molecule has 6 heteroatoms. The Kier molecular flexibility index (Phi) is 5.23. The summed E-state index contributed by atoms with van der Waals surface area (Å²) in [5.41, 5.74) is 0.706. The standard InChI is InChI=1S/C18H24N4OS/c1-13(2)22-11-9-19-16(22)14-6-5-10-21(12-14)18(23)15-7-4-8-20-17(15)24-3/h4,7-9,11,13-14H,5-6,10,12H2,1-3H3/t14-/m0/s1. The van der Waals surface area contributed by atoms with Crippen molar-refractivity contribution in [2.45, 2.75) is 43.7 Å². The topological polar surface area (TPSA) is 51.0 Å². The first kappa shape index (κ1) is 17.0. The van der Waals surface area contributed by atoms with Crippen LogP contribution in [0.5, 0.6) is 0 Å². The molecule has 0 bridgehead atoms. The highest BCUT2D eigenvalue weighted by Gasteiger charge is 2.29. The Morgan fingerprint density at radius 2 is 2.17 bits per heavy atom. The van der Waals surface area contributed by atoms with Crippen LogP contribution in [0.2, 0.25) is 0 Å². The van der Waals surface area contributed by atoms with E-state index in [4.69, 9.17) is 0 Å². The summed E-state index contributed by atoms with van der Waals surface area (Å²) in [4.78, 5) is 23.8. The Bertz CT molecular complexity index is 713. The second kappa shape index (κ2) is 7.38. The maximum atomic E-state index is 13.0. The zero-order valence-corrected chi connectivity index (χ0v) is 15.3. The number of carbonyl (C=O) groups excluding carboxylic acids is 1. The van der Waals surface area contributed by atoms with Crippen molar-refractivity contribution in [2.75, 3.05) is 19.3 Å². The Morgan fingerprint density at radius 3 is 2.92 bits per heavy atom. The van der Waals surface area contributed by atoms with Crippen LogP contribution in [0.1, 0.15) is 54.8 Å². The fourth-order valence-electron chi connectivity index (χ4n) is 3.34. The number of thioether (sulfide) groups is 1. The molecule has 0 aliphatic carbocycles. The summed E-state index contributed by atoms with van der Waals surface area (Å²) in [6, 6.07) is 4.09. The van der Waals surface area contributed by atoms with Gasteiger partial charge < -0.3 is 9.47 Å². The van der Waals surface area contributed by atoms with Gasteiger partial charge in [-0.05, 0) is 45.1 Å². The molecule has 1 amide bonds. The third kappa shape index (κ3) is 3.34. The molecule has 0 spiro atoms. The van der Waals surface area contributed by atoms with Gasteiger partial charge in [-0.25, -0.2) is 9.97 Å². The molecule has 0 radical (unpaired) electrons. The first-order chi connectivity index (χ1) is 11.6. The van der Waals surface area contributed by atoms with Gasteiger partial charge in [0.25, 0.3) is 5.91 Å². The first-order valence-corrected chi connectivity index (χ1v) is 9.65. The molecule has 1 fully saturated rings. The summed E-state index contributed by atoms with van der Waals surface area (Å²) in [6.07, 6.45) is 9.68. The molecule has 0 N–H and O–H groups in total. The molecule has 1 aliphatic rings. The van der Waals surface area contributed by atoms with Crippen LogP contribution in [0.4, 0.5) is 0 Å². The monoisotopic (exact) mass is 344 g/mol. The molecule has 2 aromatic rings. The van der Waals surface area contributed by atoms with Crippen LogP contribution < -0.4 is 0 Å². The van der Waals surface area contributed by atoms with E-state index < -0.39 is 0 Å². The lowest BCUT2D eigenvalue weighted by molar-refractivity contribution is 0.0698. The second-order valence-corrected chi connectivity index (χ2v) is 7.23. The van der Waals surface area contributed by atoms with Crippen molar-refractivity contribution >= 4 is 17.7 Å². The smallest absolute Gasteiger partial charge is 0.256 e. The molecule has 0 unspecified atom stereocenters. The van der Waals surface area contributed by atoms with E-state index in [1.54, 1.807) is 6.20 Å². The summed E-state index contributed by atoms with van der Waals surface area (Å²) in [7, 11) is 0. The van der Waals surface area contributed by atoms with Gasteiger partial charge in [0, 0.05) is 43.6 Å². The lowest BCUT2D eigenvalue weighted by atomic mass is 9.96. The number of hydrogen-bond donors (Lipinski definition) is 0. The molecule has 2 aromatic heterocycles. The van der Waals surface area contributed by atoms with Gasteiger partial charge in [-0.1, -0.05) is 0 Å². The molecule has 128 valence electrons. The van der Waals surface area contributed by atoms with Gasteiger partial charge in [-0.2, -0.15) is 0 Å². The van der Waals surface area contributed by atoms with Gasteiger partial charge in [0.2, 0.25) is 0 Å². The molecule has 3 rings (SSSR count). The lowest BCUT2D eigenvalue weighted by Gasteiger charge is -2.33. The van der Waals surface area contributed by atoms with Crippen molar-refractivity contribution in [1.82, 2.24) is 19.4 Å². The van der Waals surface area contributed by atoms with Crippen LogP contribution in [0.25, 0.3) is 0 Å². The van der Waals surface area contributed by atoms with Crippen LogP contribution in [0, 0.1) is 0 Å². The Balaban J connectivity index is 1.80. The minimum absolute atomic E-state index is 0.0832. The number of carbonyl (C=O) groups is 1. The summed E-state index contributed by atoms with van der Waals surface area (Å²) in [5, 5.41) is 0.799. The van der Waals surface area contributed by atoms with Crippen LogP contribution in [-0.4, -0.2) is 44.7 Å². The van der Waals surface area contributed by atoms with E-state index in [-0.39, 0.29) is 5.91 Å². The van der Waals surface area contributed by atoms with E-state index in [9.17, 15) is 4.79 Å². The Morgan fingerprint density at radius 1 is 1.33 bits per heavy atom. The van der Waals surface area contributed by atoms with Crippen molar-refractivity contribution in [2.24, 2.45) is 0 Å². The van der Waals surface area contributed by atoms with Gasteiger partial charge >= 0.3 is 0 Å². The van der Waals surface area contributed by atoms with Crippen LogP contribution in [-0.2, 0) is 0 Å². The summed E-state index contributed by atoms with van der Waals surface area (Å²) < 4.78 is 2.22. The number of rotatable bonds is 4. The molecular weight excluding hydrogens is 320 g/mol. The highest BCUT2D eigenvalue weighted by Crippen LogP contribution is 2.29. The third-order valence-corrected chi connectivity index (χ3v) is 5.24. The molecule has 1 aliphatic heterocycles. The fraction of sp³-hybridized carbons (Fsp3) is 0.500. The number of nitrogens with zero attached hydrogens (tertiary/aromatic N) is 4. The second-order valence-electron chi connectivity index (χ2n) is 6.44. The van der Waals surface area contributed by atoms with Gasteiger partial charge in [-0.3, -0.25) is 4.79 Å².